The van der Waals surface area contributed by atoms with Gasteiger partial charge in [0.05, 0.1) is 10.6 Å². The summed E-state index contributed by atoms with van der Waals surface area (Å²) in [6.07, 6.45) is 2.00. The van der Waals surface area contributed by atoms with Gasteiger partial charge in [0.1, 0.15) is 5.82 Å². The number of hydrogen-bond acceptors (Lipinski definition) is 2. The zero-order valence-electron chi connectivity index (χ0n) is 9.71. The molecule has 1 unspecified atom stereocenters. The quantitative estimate of drug-likeness (QED) is 0.879. The molecule has 1 amide bonds. The standard InChI is InChI=1S/C12H14ClFN2O.ClH/c13-11-6-8(14)3-4-10(11)12(17)16-9-2-1-5-15-7-9;/h3-4,6,9,15H,1-2,5,7H2,(H,16,17);1H. The average molecular weight is 293 g/mol. The summed E-state index contributed by atoms with van der Waals surface area (Å²) >= 11 is 5.83. The number of nitrogens with one attached hydrogen (secondary N) is 2. The lowest BCUT2D eigenvalue weighted by molar-refractivity contribution is 0.0931. The van der Waals surface area contributed by atoms with Crippen molar-refractivity contribution in [2.24, 2.45) is 0 Å². The molecule has 0 radical (unpaired) electrons. The van der Waals surface area contributed by atoms with E-state index >= 15 is 0 Å². The normalized spacial score (nSPS) is 18.9. The molecular weight excluding hydrogens is 278 g/mol. The van der Waals surface area contributed by atoms with Crippen LogP contribution in [0.4, 0.5) is 4.39 Å². The van der Waals surface area contributed by atoms with Crippen LogP contribution in [0.25, 0.3) is 0 Å². The first-order chi connectivity index (χ1) is 8.16. The van der Waals surface area contributed by atoms with E-state index < -0.39 is 5.82 Å². The minimum Gasteiger partial charge on any atom is -0.348 e. The Hall–Kier alpha value is -0.840. The van der Waals surface area contributed by atoms with Gasteiger partial charge in [0.15, 0.2) is 0 Å². The van der Waals surface area contributed by atoms with E-state index in [2.05, 4.69) is 10.6 Å². The van der Waals surface area contributed by atoms with Crippen LogP contribution in [0.3, 0.4) is 0 Å². The van der Waals surface area contributed by atoms with Crippen LogP contribution in [-0.4, -0.2) is 25.0 Å². The van der Waals surface area contributed by atoms with Crippen LogP contribution in [0.15, 0.2) is 18.2 Å². The molecule has 3 nitrogen and oxygen atoms in total. The maximum absolute atomic E-state index is 12.8. The van der Waals surface area contributed by atoms with Gasteiger partial charge >= 0.3 is 0 Å². The first-order valence-electron chi connectivity index (χ1n) is 5.63. The highest BCUT2D eigenvalue weighted by atomic mass is 35.5. The predicted molar refractivity (Wildman–Crippen MR) is 72.0 cm³/mol. The second-order valence-corrected chi connectivity index (χ2v) is 4.55. The molecule has 1 atom stereocenters. The number of carbonyl (C=O) groups is 1. The van der Waals surface area contributed by atoms with E-state index in [0.29, 0.717) is 5.56 Å². The summed E-state index contributed by atoms with van der Waals surface area (Å²) in [5.41, 5.74) is 0.318. The third-order valence-electron chi connectivity index (χ3n) is 2.81. The van der Waals surface area contributed by atoms with Crippen molar-refractivity contribution < 1.29 is 9.18 Å². The zero-order valence-corrected chi connectivity index (χ0v) is 11.3. The first kappa shape index (κ1) is 15.2. The highest BCUT2D eigenvalue weighted by molar-refractivity contribution is 6.33. The molecule has 2 rings (SSSR count). The largest absolute Gasteiger partial charge is 0.348 e. The van der Waals surface area contributed by atoms with Crippen LogP contribution < -0.4 is 10.6 Å². The van der Waals surface area contributed by atoms with E-state index in [1.807, 2.05) is 0 Å². The lowest BCUT2D eigenvalue weighted by atomic mass is 10.1. The highest BCUT2D eigenvalue weighted by Gasteiger charge is 2.18. The molecule has 1 aliphatic heterocycles. The van der Waals surface area contributed by atoms with Crippen molar-refractivity contribution in [3.8, 4) is 0 Å². The molecule has 2 N–H and O–H groups in total. The molecule has 1 aliphatic rings. The average Bonchev–Trinajstić information content (AvgIpc) is 2.30. The SMILES string of the molecule is Cl.O=C(NC1CCCNC1)c1ccc(F)cc1Cl. The molecule has 1 aromatic carbocycles. The van der Waals surface area contributed by atoms with E-state index in [1.165, 1.54) is 12.1 Å². The Morgan fingerprint density at radius 1 is 1.50 bits per heavy atom. The lowest BCUT2D eigenvalue weighted by Gasteiger charge is -2.23. The Bertz CT molecular complexity index is 423. The summed E-state index contributed by atoms with van der Waals surface area (Å²) in [5.74, 6) is -0.686. The topological polar surface area (TPSA) is 41.1 Å². The smallest absolute Gasteiger partial charge is 0.253 e. The van der Waals surface area contributed by atoms with Gasteiger partial charge in [-0.15, -0.1) is 12.4 Å². The monoisotopic (exact) mass is 292 g/mol. The second-order valence-electron chi connectivity index (χ2n) is 4.14. The summed E-state index contributed by atoms with van der Waals surface area (Å²) in [6.45, 7) is 1.76. The Kier molecular flexibility index (Phi) is 5.85. The van der Waals surface area contributed by atoms with Crippen LogP contribution in [0.5, 0.6) is 0 Å². The Balaban J connectivity index is 0.00000162. The van der Waals surface area contributed by atoms with Crippen LogP contribution in [-0.2, 0) is 0 Å². The van der Waals surface area contributed by atoms with Crippen molar-refractivity contribution in [2.45, 2.75) is 18.9 Å². The van der Waals surface area contributed by atoms with Gasteiger partial charge in [0, 0.05) is 12.6 Å². The van der Waals surface area contributed by atoms with Crippen molar-refractivity contribution in [3.05, 3.63) is 34.6 Å². The fourth-order valence-electron chi connectivity index (χ4n) is 1.91. The highest BCUT2D eigenvalue weighted by Crippen LogP contribution is 2.17. The first-order valence-corrected chi connectivity index (χ1v) is 6.01. The summed E-state index contributed by atoms with van der Waals surface area (Å²) < 4.78 is 12.8. The predicted octanol–water partition coefficient (Wildman–Crippen LogP) is 2.38. The second kappa shape index (κ2) is 6.92. The van der Waals surface area contributed by atoms with Gasteiger partial charge in [-0.1, -0.05) is 11.6 Å². The molecule has 18 heavy (non-hydrogen) atoms. The summed E-state index contributed by atoms with van der Waals surface area (Å²) in [4.78, 5) is 11.9. The molecule has 6 heteroatoms. The Morgan fingerprint density at radius 3 is 2.89 bits per heavy atom. The molecule has 0 aromatic heterocycles. The van der Waals surface area contributed by atoms with E-state index in [1.54, 1.807) is 0 Å². The Labute approximate surface area is 116 Å². The van der Waals surface area contributed by atoms with Crippen LogP contribution in [0, 0.1) is 5.82 Å². The molecule has 100 valence electrons. The number of hydrogen-bond donors (Lipinski definition) is 2. The molecule has 1 heterocycles. The maximum Gasteiger partial charge on any atom is 0.253 e. The zero-order chi connectivity index (χ0) is 12.3. The van der Waals surface area contributed by atoms with E-state index in [0.717, 1.165) is 32.0 Å². The van der Waals surface area contributed by atoms with E-state index in [-0.39, 0.29) is 29.4 Å². The number of halogens is 3. The Morgan fingerprint density at radius 2 is 2.28 bits per heavy atom. The third kappa shape index (κ3) is 3.83. The van der Waals surface area contributed by atoms with Crippen molar-refractivity contribution in [1.29, 1.82) is 0 Å². The van der Waals surface area contributed by atoms with Gasteiger partial charge < -0.3 is 10.6 Å². The molecule has 1 fully saturated rings. The lowest BCUT2D eigenvalue weighted by Crippen LogP contribution is -2.45. The van der Waals surface area contributed by atoms with Gasteiger partial charge in [-0.05, 0) is 37.6 Å². The molecule has 1 aromatic rings. The van der Waals surface area contributed by atoms with Crippen LogP contribution >= 0.6 is 24.0 Å². The minimum absolute atomic E-state index is 0. The third-order valence-corrected chi connectivity index (χ3v) is 3.12. The molecule has 0 saturated carbocycles. The van der Waals surface area contributed by atoms with Gasteiger partial charge in [-0.2, -0.15) is 0 Å². The van der Waals surface area contributed by atoms with Crippen molar-refractivity contribution >= 4 is 29.9 Å². The summed E-state index contributed by atoms with van der Waals surface area (Å²) in [6, 6.07) is 3.91. The van der Waals surface area contributed by atoms with Gasteiger partial charge in [-0.25, -0.2) is 4.39 Å². The summed E-state index contributed by atoms with van der Waals surface area (Å²) in [7, 11) is 0. The fraction of sp³-hybridized carbons (Fsp3) is 0.417. The number of benzene rings is 1. The maximum atomic E-state index is 12.8. The fourth-order valence-corrected chi connectivity index (χ4v) is 2.16. The van der Waals surface area contributed by atoms with Gasteiger partial charge in [-0.3, -0.25) is 4.79 Å². The van der Waals surface area contributed by atoms with Gasteiger partial charge in [0.2, 0.25) is 0 Å². The molecule has 1 saturated heterocycles. The number of rotatable bonds is 2. The van der Waals surface area contributed by atoms with E-state index in [4.69, 9.17) is 11.6 Å². The van der Waals surface area contributed by atoms with E-state index in [9.17, 15) is 9.18 Å². The van der Waals surface area contributed by atoms with Crippen molar-refractivity contribution in [3.63, 3.8) is 0 Å². The molecule has 0 bridgehead atoms. The van der Waals surface area contributed by atoms with Crippen LogP contribution in [0.1, 0.15) is 23.2 Å². The molecular formula is C12H15Cl2FN2O. The molecule has 0 aliphatic carbocycles. The number of carbonyl (C=O) groups excluding carboxylic acids is 1. The van der Waals surface area contributed by atoms with Crippen molar-refractivity contribution in [1.82, 2.24) is 10.6 Å². The van der Waals surface area contributed by atoms with Crippen LogP contribution in [0.2, 0.25) is 5.02 Å². The van der Waals surface area contributed by atoms with Gasteiger partial charge in [0.25, 0.3) is 5.91 Å². The summed E-state index contributed by atoms with van der Waals surface area (Å²) in [5, 5.41) is 6.24. The molecule has 0 spiro atoms. The van der Waals surface area contributed by atoms with Crippen molar-refractivity contribution in [2.75, 3.05) is 13.1 Å². The number of amides is 1. The minimum atomic E-state index is -0.439. The number of piperidine rings is 1.